The molecular formula is C33H49NO4. The van der Waals surface area contributed by atoms with E-state index in [1.807, 2.05) is 45.9 Å². The van der Waals surface area contributed by atoms with Gasteiger partial charge >= 0.3 is 5.97 Å². The SMILES string of the molecule is CCC1CC(c2ccc3nc(C)ccc3c2)OC(=O)CCC(C)(C)C(=O)[C@H](C)C(O)[C@@H](C)CCCC1(C)C. The number of carbonyl (C=O) groups excluding carboxylic acids is 2. The predicted octanol–water partition coefficient (Wildman–Crippen LogP) is 7.76. The zero-order valence-electron chi connectivity index (χ0n) is 24.8. The number of aliphatic hydroxyl groups is 1. The fraction of sp³-hybridized carbons (Fsp3) is 0.667. The monoisotopic (exact) mass is 523 g/mol. The number of carbonyl (C=O) groups is 2. The van der Waals surface area contributed by atoms with Gasteiger partial charge in [-0.3, -0.25) is 14.6 Å². The third-order valence-corrected chi connectivity index (χ3v) is 9.21. The van der Waals surface area contributed by atoms with Crippen LogP contribution in [-0.4, -0.2) is 27.9 Å². The Bertz CT molecular complexity index is 1120. The number of hydrogen-bond donors (Lipinski definition) is 1. The molecule has 1 fully saturated rings. The van der Waals surface area contributed by atoms with Crippen LogP contribution in [0.3, 0.4) is 0 Å². The van der Waals surface area contributed by atoms with E-state index in [-0.39, 0.29) is 35.6 Å². The number of ketones is 1. The van der Waals surface area contributed by atoms with Crippen molar-refractivity contribution in [1.82, 2.24) is 4.98 Å². The highest BCUT2D eigenvalue weighted by Crippen LogP contribution is 2.42. The molecule has 0 bridgehead atoms. The minimum absolute atomic E-state index is 0.0111. The van der Waals surface area contributed by atoms with Crippen molar-refractivity contribution < 1.29 is 19.4 Å². The minimum Gasteiger partial charge on any atom is -0.457 e. The molecule has 0 spiro atoms. The second kappa shape index (κ2) is 12.3. The molecule has 5 heteroatoms. The summed E-state index contributed by atoms with van der Waals surface area (Å²) >= 11 is 0. The van der Waals surface area contributed by atoms with Gasteiger partial charge in [0.15, 0.2) is 0 Å². The van der Waals surface area contributed by atoms with E-state index in [9.17, 15) is 14.7 Å². The van der Waals surface area contributed by atoms with E-state index in [1.54, 1.807) is 0 Å². The Morgan fingerprint density at radius 3 is 2.45 bits per heavy atom. The van der Waals surface area contributed by atoms with Gasteiger partial charge in [0, 0.05) is 28.8 Å². The summed E-state index contributed by atoms with van der Waals surface area (Å²) in [5.41, 5.74) is 2.23. The Hall–Kier alpha value is -2.27. The van der Waals surface area contributed by atoms with Gasteiger partial charge in [0.25, 0.3) is 0 Å². The standard InChI is InChI=1S/C33H49NO4/c1-9-26-20-28(25-14-15-27-24(19-25)13-12-22(3)34-27)38-29(35)16-18-33(7,8)31(37)23(4)30(36)21(2)11-10-17-32(26,5)6/h12-15,19,21,23,26,28,30,36H,9-11,16-18,20H2,1-8H3/t21-,23+,26?,28?,30?/m0/s1. The average Bonchev–Trinajstić information content (AvgIpc) is 2.87. The summed E-state index contributed by atoms with van der Waals surface area (Å²) in [6.45, 7) is 16.5. The molecule has 5 nitrogen and oxygen atoms in total. The smallest absolute Gasteiger partial charge is 0.306 e. The van der Waals surface area contributed by atoms with Crippen molar-refractivity contribution in [2.75, 3.05) is 0 Å². The molecule has 0 saturated carbocycles. The predicted molar refractivity (Wildman–Crippen MR) is 154 cm³/mol. The van der Waals surface area contributed by atoms with E-state index in [0.29, 0.717) is 12.3 Å². The molecule has 38 heavy (non-hydrogen) atoms. The molecule has 1 aromatic carbocycles. The lowest BCUT2D eigenvalue weighted by atomic mass is 9.70. The third-order valence-electron chi connectivity index (χ3n) is 9.21. The third kappa shape index (κ3) is 7.22. The van der Waals surface area contributed by atoms with Gasteiger partial charge in [0.1, 0.15) is 11.9 Å². The number of Topliss-reactive ketones (excluding diaryl/α,β-unsaturated/α-hetero) is 1. The molecule has 210 valence electrons. The largest absolute Gasteiger partial charge is 0.457 e. The second-order valence-corrected chi connectivity index (χ2v) is 13.1. The first-order chi connectivity index (χ1) is 17.7. The fourth-order valence-corrected chi connectivity index (χ4v) is 6.27. The topological polar surface area (TPSA) is 76.5 Å². The number of fused-ring (bicyclic) bond motifs is 1. The van der Waals surface area contributed by atoms with Crippen LogP contribution in [0.25, 0.3) is 10.9 Å². The van der Waals surface area contributed by atoms with Crippen LogP contribution in [0.2, 0.25) is 0 Å². The molecule has 3 unspecified atom stereocenters. The Labute approximate surface area is 229 Å². The van der Waals surface area contributed by atoms with Crippen molar-refractivity contribution in [2.45, 2.75) is 113 Å². The first-order valence-electron chi connectivity index (χ1n) is 14.5. The summed E-state index contributed by atoms with van der Waals surface area (Å²) in [6.07, 6.45) is 4.15. The number of aliphatic hydroxyl groups excluding tert-OH is 1. The molecule has 2 heterocycles. The van der Waals surface area contributed by atoms with E-state index >= 15 is 0 Å². The average molecular weight is 524 g/mol. The van der Waals surface area contributed by atoms with Crippen LogP contribution in [-0.2, 0) is 14.3 Å². The van der Waals surface area contributed by atoms with Crippen LogP contribution < -0.4 is 0 Å². The van der Waals surface area contributed by atoms with Crippen LogP contribution >= 0.6 is 0 Å². The van der Waals surface area contributed by atoms with Gasteiger partial charge in [-0.2, -0.15) is 0 Å². The summed E-state index contributed by atoms with van der Waals surface area (Å²) in [7, 11) is 0. The quantitative estimate of drug-likeness (QED) is 0.407. The van der Waals surface area contributed by atoms with Crippen molar-refractivity contribution >= 4 is 22.7 Å². The van der Waals surface area contributed by atoms with Gasteiger partial charge in [-0.15, -0.1) is 0 Å². The van der Waals surface area contributed by atoms with E-state index in [0.717, 1.165) is 54.3 Å². The number of pyridine rings is 1. The second-order valence-electron chi connectivity index (χ2n) is 13.1. The van der Waals surface area contributed by atoms with Crippen LogP contribution in [0, 0.1) is 35.5 Å². The van der Waals surface area contributed by atoms with Crippen LogP contribution in [0.1, 0.15) is 111 Å². The van der Waals surface area contributed by atoms with E-state index in [1.165, 1.54) is 0 Å². The number of ether oxygens (including phenoxy) is 1. The van der Waals surface area contributed by atoms with Crippen molar-refractivity contribution in [2.24, 2.45) is 28.6 Å². The van der Waals surface area contributed by atoms with Crippen molar-refractivity contribution in [3.05, 3.63) is 41.6 Å². The highest BCUT2D eigenvalue weighted by molar-refractivity contribution is 5.87. The molecule has 3 rings (SSSR count). The number of benzene rings is 1. The van der Waals surface area contributed by atoms with Crippen molar-refractivity contribution in [1.29, 1.82) is 0 Å². The Balaban J connectivity index is 1.96. The number of aromatic nitrogens is 1. The van der Waals surface area contributed by atoms with E-state index < -0.39 is 17.4 Å². The lowest BCUT2D eigenvalue weighted by molar-refractivity contribution is -0.152. The van der Waals surface area contributed by atoms with Gasteiger partial charge in [0.05, 0.1) is 11.6 Å². The molecule has 1 N–H and O–H groups in total. The van der Waals surface area contributed by atoms with Crippen LogP contribution in [0.15, 0.2) is 30.3 Å². The molecule has 5 atom stereocenters. The zero-order valence-corrected chi connectivity index (χ0v) is 24.8. The molecular weight excluding hydrogens is 474 g/mol. The maximum atomic E-state index is 13.3. The number of esters is 1. The Morgan fingerprint density at radius 1 is 1.05 bits per heavy atom. The van der Waals surface area contributed by atoms with Crippen LogP contribution in [0.5, 0.6) is 0 Å². The lowest BCUT2D eigenvalue weighted by Crippen LogP contribution is -2.39. The van der Waals surface area contributed by atoms with Gasteiger partial charge in [0.2, 0.25) is 0 Å². The fourth-order valence-electron chi connectivity index (χ4n) is 6.27. The lowest BCUT2D eigenvalue weighted by Gasteiger charge is -2.37. The molecule has 2 aromatic rings. The summed E-state index contributed by atoms with van der Waals surface area (Å²) in [6, 6.07) is 10.3. The van der Waals surface area contributed by atoms with Crippen molar-refractivity contribution in [3.8, 4) is 0 Å². The van der Waals surface area contributed by atoms with Gasteiger partial charge in [-0.1, -0.05) is 73.4 Å². The van der Waals surface area contributed by atoms with E-state index in [2.05, 4.69) is 44.8 Å². The Kier molecular flexibility index (Phi) is 9.78. The summed E-state index contributed by atoms with van der Waals surface area (Å²) < 4.78 is 6.21. The molecule has 1 aliphatic heterocycles. The molecule has 1 saturated heterocycles. The first-order valence-corrected chi connectivity index (χ1v) is 14.5. The molecule has 0 amide bonds. The highest BCUT2D eigenvalue weighted by atomic mass is 16.5. The van der Waals surface area contributed by atoms with Gasteiger partial charge in [-0.05, 0) is 73.6 Å². The zero-order chi connectivity index (χ0) is 28.3. The maximum Gasteiger partial charge on any atom is 0.306 e. The first kappa shape index (κ1) is 30.3. The van der Waals surface area contributed by atoms with Gasteiger partial charge < -0.3 is 9.84 Å². The van der Waals surface area contributed by atoms with Crippen LogP contribution in [0.4, 0.5) is 0 Å². The molecule has 1 aliphatic rings. The normalized spacial score (nSPS) is 29.7. The minimum atomic E-state index is -0.716. The Morgan fingerprint density at radius 2 is 1.76 bits per heavy atom. The van der Waals surface area contributed by atoms with Crippen molar-refractivity contribution in [3.63, 3.8) is 0 Å². The highest BCUT2D eigenvalue weighted by Gasteiger charge is 2.38. The summed E-state index contributed by atoms with van der Waals surface area (Å²) in [4.78, 5) is 31.2. The number of nitrogens with zero attached hydrogens (tertiary/aromatic N) is 1. The number of rotatable bonds is 2. The maximum absolute atomic E-state index is 13.3. The van der Waals surface area contributed by atoms with E-state index in [4.69, 9.17) is 4.74 Å². The molecule has 1 aromatic heterocycles. The molecule has 0 aliphatic carbocycles. The summed E-state index contributed by atoms with van der Waals surface area (Å²) in [5.74, 6) is -0.336. The molecule has 0 radical (unpaired) electrons. The number of hydrogen-bond acceptors (Lipinski definition) is 5. The number of aryl methyl sites for hydroxylation is 1. The van der Waals surface area contributed by atoms with Gasteiger partial charge in [-0.25, -0.2) is 0 Å². The summed E-state index contributed by atoms with van der Waals surface area (Å²) in [5, 5.41) is 12.0. The number of cyclic esters (lactones) is 1.